The third-order valence-electron chi connectivity index (χ3n) is 8.15. The summed E-state index contributed by atoms with van der Waals surface area (Å²) in [6.45, 7) is 1.99. The van der Waals surface area contributed by atoms with Crippen LogP contribution in [0.3, 0.4) is 0 Å². The van der Waals surface area contributed by atoms with Crippen LogP contribution in [-0.2, 0) is 16.0 Å². The smallest absolute Gasteiger partial charge is 0.234 e. The lowest BCUT2D eigenvalue weighted by atomic mass is 9.95. The maximum absolute atomic E-state index is 13.6. The summed E-state index contributed by atoms with van der Waals surface area (Å²) >= 11 is 0. The van der Waals surface area contributed by atoms with Crippen molar-refractivity contribution in [2.75, 3.05) is 25.0 Å². The van der Waals surface area contributed by atoms with Crippen molar-refractivity contribution in [2.24, 2.45) is 0 Å². The Bertz CT molecular complexity index is 1260. The molecule has 2 aliphatic heterocycles. The summed E-state index contributed by atoms with van der Waals surface area (Å²) in [6.07, 6.45) is 3.97. The fraction of sp³-hybridized carbons (Fsp3) is 0.379. The molecule has 174 valence electrons. The van der Waals surface area contributed by atoms with Gasteiger partial charge in [-0.2, -0.15) is 0 Å². The molecule has 1 fully saturated rings. The SMILES string of the molecule is CNC(=O)CCC1C(=O)N(C2CCN(C3Cc4cccc5cccc3c45)CC2)c2ccccc21. The minimum absolute atomic E-state index is 0.00961. The van der Waals surface area contributed by atoms with Crippen LogP contribution >= 0.6 is 0 Å². The number of nitrogens with one attached hydrogen (secondary N) is 1. The van der Waals surface area contributed by atoms with Crippen molar-refractivity contribution in [2.45, 2.75) is 50.1 Å². The van der Waals surface area contributed by atoms with Gasteiger partial charge in [0.05, 0.1) is 5.92 Å². The van der Waals surface area contributed by atoms with Gasteiger partial charge in [-0.25, -0.2) is 0 Å². The summed E-state index contributed by atoms with van der Waals surface area (Å²) in [5.74, 6) is -0.0559. The van der Waals surface area contributed by atoms with E-state index < -0.39 is 0 Å². The highest BCUT2D eigenvalue weighted by molar-refractivity contribution is 6.05. The summed E-state index contributed by atoms with van der Waals surface area (Å²) in [4.78, 5) is 30.1. The number of benzene rings is 3. The van der Waals surface area contributed by atoms with E-state index in [1.165, 1.54) is 21.9 Å². The third-order valence-corrected chi connectivity index (χ3v) is 8.15. The monoisotopic (exact) mass is 453 g/mol. The zero-order valence-electron chi connectivity index (χ0n) is 19.7. The number of likely N-dealkylation sites (tertiary alicyclic amines) is 1. The number of anilines is 1. The number of amides is 2. The van der Waals surface area contributed by atoms with Gasteiger partial charge in [0, 0.05) is 44.3 Å². The number of piperidine rings is 1. The quantitative estimate of drug-likeness (QED) is 0.616. The minimum atomic E-state index is -0.214. The Balaban J connectivity index is 1.19. The summed E-state index contributed by atoms with van der Waals surface area (Å²) in [5, 5.41) is 5.46. The zero-order chi connectivity index (χ0) is 23.2. The van der Waals surface area contributed by atoms with Gasteiger partial charge in [-0.15, -0.1) is 0 Å². The average molecular weight is 454 g/mol. The van der Waals surface area contributed by atoms with Gasteiger partial charge in [0.1, 0.15) is 0 Å². The van der Waals surface area contributed by atoms with Gasteiger partial charge in [-0.1, -0.05) is 54.6 Å². The second kappa shape index (κ2) is 8.55. The summed E-state index contributed by atoms with van der Waals surface area (Å²) < 4.78 is 0. The molecule has 6 rings (SSSR count). The molecular formula is C29H31N3O2. The maximum Gasteiger partial charge on any atom is 0.234 e. The molecule has 5 nitrogen and oxygen atoms in total. The molecule has 0 spiro atoms. The van der Waals surface area contributed by atoms with E-state index in [0.717, 1.165) is 43.6 Å². The number of para-hydroxylation sites is 1. The largest absolute Gasteiger partial charge is 0.359 e. The van der Waals surface area contributed by atoms with E-state index >= 15 is 0 Å². The van der Waals surface area contributed by atoms with Gasteiger partial charge in [0.15, 0.2) is 0 Å². The first kappa shape index (κ1) is 21.4. The molecule has 3 aromatic carbocycles. The van der Waals surface area contributed by atoms with Gasteiger partial charge < -0.3 is 10.2 Å². The van der Waals surface area contributed by atoms with Crippen molar-refractivity contribution in [1.82, 2.24) is 10.2 Å². The number of fused-ring (bicyclic) bond motifs is 1. The molecule has 2 atom stereocenters. The first-order valence-corrected chi connectivity index (χ1v) is 12.5. The normalized spacial score (nSPS) is 22.4. The number of nitrogens with zero attached hydrogens (tertiary/aromatic N) is 2. The Morgan fingerprint density at radius 2 is 1.71 bits per heavy atom. The van der Waals surface area contributed by atoms with Crippen molar-refractivity contribution in [1.29, 1.82) is 0 Å². The van der Waals surface area contributed by atoms with E-state index in [-0.39, 0.29) is 23.8 Å². The minimum Gasteiger partial charge on any atom is -0.359 e. The van der Waals surface area contributed by atoms with Crippen LogP contribution in [-0.4, -0.2) is 42.9 Å². The molecule has 2 amide bonds. The van der Waals surface area contributed by atoms with E-state index in [1.54, 1.807) is 7.05 Å². The van der Waals surface area contributed by atoms with Gasteiger partial charge in [0.2, 0.25) is 11.8 Å². The lowest BCUT2D eigenvalue weighted by molar-refractivity contribution is -0.121. The Morgan fingerprint density at radius 1 is 0.971 bits per heavy atom. The van der Waals surface area contributed by atoms with Crippen LogP contribution in [0.2, 0.25) is 0 Å². The predicted molar refractivity (Wildman–Crippen MR) is 135 cm³/mol. The fourth-order valence-corrected chi connectivity index (χ4v) is 6.47. The average Bonchev–Trinajstić information content (AvgIpc) is 3.39. The molecule has 0 saturated carbocycles. The second-order valence-corrected chi connectivity index (χ2v) is 9.88. The molecule has 3 aromatic rings. The number of hydrogen-bond donors (Lipinski definition) is 1. The van der Waals surface area contributed by atoms with E-state index in [1.807, 2.05) is 12.1 Å². The Labute approximate surface area is 200 Å². The van der Waals surface area contributed by atoms with Crippen LogP contribution in [0.1, 0.15) is 54.3 Å². The van der Waals surface area contributed by atoms with Gasteiger partial charge in [0.25, 0.3) is 0 Å². The molecule has 2 unspecified atom stereocenters. The fourth-order valence-electron chi connectivity index (χ4n) is 6.47. The number of carbonyl (C=O) groups is 2. The molecular weight excluding hydrogens is 422 g/mol. The third kappa shape index (κ3) is 3.41. The molecule has 0 radical (unpaired) electrons. The standard InChI is InChI=1S/C29H31N3O2/c1-30-27(33)13-12-23-22-9-2-3-11-25(22)32(29(23)34)21-14-16-31(17-15-21)26-18-20-8-4-6-19-7-5-10-24(26)28(19)20/h2-11,21,23,26H,12-18H2,1H3,(H,30,33). The van der Waals surface area contributed by atoms with Crippen LogP contribution in [0.15, 0.2) is 60.7 Å². The zero-order valence-corrected chi connectivity index (χ0v) is 19.7. The Kier molecular flexibility index (Phi) is 5.37. The summed E-state index contributed by atoms with van der Waals surface area (Å²) in [7, 11) is 1.65. The van der Waals surface area contributed by atoms with Gasteiger partial charge in [-0.05, 0) is 59.2 Å². The van der Waals surface area contributed by atoms with Crippen molar-refractivity contribution in [3.05, 3.63) is 77.4 Å². The molecule has 0 aromatic heterocycles. The molecule has 1 N–H and O–H groups in total. The first-order valence-electron chi connectivity index (χ1n) is 12.5. The highest BCUT2D eigenvalue weighted by Crippen LogP contribution is 2.44. The second-order valence-electron chi connectivity index (χ2n) is 9.88. The van der Waals surface area contributed by atoms with Gasteiger partial charge in [-0.3, -0.25) is 14.5 Å². The number of hydrogen-bond acceptors (Lipinski definition) is 3. The Hall–Kier alpha value is -3.18. The lowest BCUT2D eigenvalue weighted by Crippen LogP contribution is -2.47. The van der Waals surface area contributed by atoms with Crippen LogP contribution in [0, 0.1) is 0 Å². The first-order chi connectivity index (χ1) is 16.7. The number of carbonyl (C=O) groups excluding carboxylic acids is 2. The molecule has 1 aliphatic carbocycles. The molecule has 3 aliphatic rings. The van der Waals surface area contributed by atoms with Crippen molar-refractivity contribution < 1.29 is 9.59 Å². The number of rotatable bonds is 5. The van der Waals surface area contributed by atoms with E-state index in [4.69, 9.17) is 0 Å². The molecule has 0 bridgehead atoms. The molecule has 1 saturated heterocycles. The van der Waals surface area contributed by atoms with Crippen molar-refractivity contribution >= 4 is 28.3 Å². The lowest BCUT2D eigenvalue weighted by Gasteiger charge is -2.40. The molecule has 34 heavy (non-hydrogen) atoms. The summed E-state index contributed by atoms with van der Waals surface area (Å²) in [5.41, 5.74) is 5.05. The highest BCUT2D eigenvalue weighted by atomic mass is 16.2. The molecule has 2 heterocycles. The van der Waals surface area contributed by atoms with Crippen LogP contribution in [0.25, 0.3) is 10.8 Å². The maximum atomic E-state index is 13.6. The van der Waals surface area contributed by atoms with Crippen molar-refractivity contribution in [3.8, 4) is 0 Å². The van der Waals surface area contributed by atoms with Crippen LogP contribution < -0.4 is 10.2 Å². The highest BCUT2D eigenvalue weighted by Gasteiger charge is 2.42. The van der Waals surface area contributed by atoms with E-state index in [9.17, 15) is 9.59 Å². The predicted octanol–water partition coefficient (Wildman–Crippen LogP) is 4.56. The molecule has 5 heteroatoms. The van der Waals surface area contributed by atoms with Crippen LogP contribution in [0.4, 0.5) is 5.69 Å². The van der Waals surface area contributed by atoms with Gasteiger partial charge >= 0.3 is 0 Å². The van der Waals surface area contributed by atoms with E-state index in [0.29, 0.717) is 18.9 Å². The topological polar surface area (TPSA) is 52.7 Å². The Morgan fingerprint density at radius 3 is 2.50 bits per heavy atom. The van der Waals surface area contributed by atoms with Crippen LogP contribution in [0.5, 0.6) is 0 Å². The van der Waals surface area contributed by atoms with E-state index in [2.05, 4.69) is 63.6 Å². The van der Waals surface area contributed by atoms with Crippen molar-refractivity contribution in [3.63, 3.8) is 0 Å². The summed E-state index contributed by atoms with van der Waals surface area (Å²) in [6, 6.07) is 22.2.